The molecule has 0 atom stereocenters. The van der Waals surface area contributed by atoms with Gasteiger partial charge in [0.15, 0.2) is 0 Å². The summed E-state index contributed by atoms with van der Waals surface area (Å²) in [4.78, 5) is 33.8. The molecule has 0 radical (unpaired) electrons. The Morgan fingerprint density at radius 3 is 2.60 bits per heavy atom. The Morgan fingerprint density at radius 1 is 1.20 bits per heavy atom. The molecule has 1 heterocycles. The second kappa shape index (κ2) is 4.02. The lowest BCUT2D eigenvalue weighted by Gasteiger charge is -2.17. The number of ether oxygens (including phenoxy) is 2. The molecule has 0 saturated carbocycles. The second-order valence-electron chi connectivity index (χ2n) is 4.17. The standard InChI is InChI=1S/C13H7NO6/c1-19-9-3-2-6-4-7(14(17)18)5-8-10(6)11(9)13(16)20-12(8)15/h2-5H,1H3. The normalized spacial score (nSPS) is 13.2. The highest BCUT2D eigenvalue weighted by Crippen LogP contribution is 2.37. The lowest BCUT2D eigenvalue weighted by Crippen LogP contribution is -2.20. The predicted molar refractivity (Wildman–Crippen MR) is 66.9 cm³/mol. The molecule has 20 heavy (non-hydrogen) atoms. The second-order valence-corrected chi connectivity index (χ2v) is 4.17. The first-order valence-corrected chi connectivity index (χ1v) is 5.58. The summed E-state index contributed by atoms with van der Waals surface area (Å²) in [6.45, 7) is 0. The van der Waals surface area contributed by atoms with Gasteiger partial charge in [0.1, 0.15) is 11.3 Å². The fourth-order valence-corrected chi connectivity index (χ4v) is 2.26. The first kappa shape index (κ1) is 12.1. The summed E-state index contributed by atoms with van der Waals surface area (Å²) >= 11 is 0. The fraction of sp³-hybridized carbons (Fsp3) is 0.0769. The molecule has 0 aromatic heterocycles. The van der Waals surface area contributed by atoms with Gasteiger partial charge in [0, 0.05) is 17.5 Å². The van der Waals surface area contributed by atoms with Crippen molar-refractivity contribution in [2.45, 2.75) is 0 Å². The van der Waals surface area contributed by atoms with Crippen molar-refractivity contribution in [3.8, 4) is 5.75 Å². The molecule has 100 valence electrons. The van der Waals surface area contributed by atoms with Gasteiger partial charge in [0.2, 0.25) is 0 Å². The highest BCUT2D eigenvalue weighted by Gasteiger charge is 2.32. The van der Waals surface area contributed by atoms with Crippen molar-refractivity contribution in [3.63, 3.8) is 0 Å². The van der Waals surface area contributed by atoms with Crippen LogP contribution >= 0.6 is 0 Å². The van der Waals surface area contributed by atoms with Gasteiger partial charge in [0.05, 0.1) is 17.6 Å². The smallest absolute Gasteiger partial charge is 0.350 e. The van der Waals surface area contributed by atoms with E-state index in [9.17, 15) is 19.7 Å². The van der Waals surface area contributed by atoms with Gasteiger partial charge in [-0.3, -0.25) is 10.1 Å². The zero-order valence-electron chi connectivity index (χ0n) is 10.2. The molecule has 0 amide bonds. The molecular formula is C13H7NO6. The Kier molecular flexibility index (Phi) is 2.43. The Hall–Kier alpha value is -2.96. The molecular weight excluding hydrogens is 266 g/mol. The third-order valence-corrected chi connectivity index (χ3v) is 3.10. The number of methoxy groups -OCH3 is 1. The first-order chi connectivity index (χ1) is 9.52. The zero-order chi connectivity index (χ0) is 14.4. The number of cyclic esters (lactones) is 2. The number of carbonyl (C=O) groups excluding carboxylic acids is 2. The van der Waals surface area contributed by atoms with E-state index >= 15 is 0 Å². The lowest BCUT2D eigenvalue weighted by atomic mass is 9.96. The van der Waals surface area contributed by atoms with Crippen LogP contribution < -0.4 is 4.74 Å². The molecule has 1 aliphatic rings. The lowest BCUT2D eigenvalue weighted by molar-refractivity contribution is -0.384. The summed E-state index contributed by atoms with van der Waals surface area (Å²) in [6.07, 6.45) is 0. The van der Waals surface area contributed by atoms with Gasteiger partial charge in [-0.05, 0) is 11.5 Å². The Bertz CT molecular complexity index is 795. The molecule has 1 aliphatic heterocycles. The summed E-state index contributed by atoms with van der Waals surface area (Å²) in [7, 11) is 1.38. The zero-order valence-corrected chi connectivity index (χ0v) is 10.2. The monoisotopic (exact) mass is 273 g/mol. The number of esters is 2. The van der Waals surface area contributed by atoms with Crippen LogP contribution in [0.25, 0.3) is 10.8 Å². The van der Waals surface area contributed by atoms with Crippen LogP contribution in [0.1, 0.15) is 20.7 Å². The van der Waals surface area contributed by atoms with Crippen molar-refractivity contribution >= 4 is 28.4 Å². The number of nitro groups is 1. The number of nitrogens with zero attached hydrogens (tertiary/aromatic N) is 1. The largest absolute Gasteiger partial charge is 0.496 e. The Labute approximate surface area is 111 Å². The van der Waals surface area contributed by atoms with Crippen LogP contribution in [0.5, 0.6) is 5.75 Å². The number of rotatable bonds is 2. The molecule has 0 aliphatic carbocycles. The van der Waals surface area contributed by atoms with E-state index in [0.29, 0.717) is 10.8 Å². The van der Waals surface area contributed by atoms with E-state index in [-0.39, 0.29) is 22.6 Å². The average Bonchev–Trinajstić information content (AvgIpc) is 2.43. The van der Waals surface area contributed by atoms with E-state index in [1.807, 2.05) is 0 Å². The molecule has 0 fully saturated rings. The van der Waals surface area contributed by atoms with E-state index in [2.05, 4.69) is 4.74 Å². The van der Waals surface area contributed by atoms with Crippen LogP contribution in [-0.2, 0) is 4.74 Å². The number of carbonyl (C=O) groups is 2. The fourth-order valence-electron chi connectivity index (χ4n) is 2.26. The van der Waals surface area contributed by atoms with E-state index < -0.39 is 16.9 Å². The van der Waals surface area contributed by atoms with Crippen molar-refractivity contribution < 1.29 is 24.0 Å². The van der Waals surface area contributed by atoms with E-state index in [0.717, 1.165) is 6.07 Å². The number of hydrogen-bond acceptors (Lipinski definition) is 6. The van der Waals surface area contributed by atoms with Crippen molar-refractivity contribution in [3.05, 3.63) is 45.5 Å². The van der Waals surface area contributed by atoms with E-state index in [4.69, 9.17) is 4.74 Å². The minimum Gasteiger partial charge on any atom is -0.496 e. The van der Waals surface area contributed by atoms with Crippen molar-refractivity contribution in [1.29, 1.82) is 0 Å². The maximum atomic E-state index is 11.8. The average molecular weight is 273 g/mol. The van der Waals surface area contributed by atoms with E-state index in [1.54, 1.807) is 6.07 Å². The molecule has 3 rings (SSSR count). The van der Waals surface area contributed by atoms with Crippen molar-refractivity contribution in [2.75, 3.05) is 7.11 Å². The summed E-state index contributed by atoms with van der Waals surface area (Å²) in [5, 5.41) is 11.6. The van der Waals surface area contributed by atoms with Gasteiger partial charge in [-0.15, -0.1) is 0 Å². The van der Waals surface area contributed by atoms with Gasteiger partial charge in [-0.1, -0.05) is 6.07 Å². The molecule has 2 aromatic rings. The summed E-state index contributed by atoms with van der Waals surface area (Å²) in [5.41, 5.74) is -0.146. The molecule has 0 N–H and O–H groups in total. The first-order valence-electron chi connectivity index (χ1n) is 5.58. The van der Waals surface area contributed by atoms with Crippen LogP contribution in [0.3, 0.4) is 0 Å². The number of nitro benzene ring substituents is 1. The van der Waals surface area contributed by atoms with Crippen LogP contribution in [0.15, 0.2) is 24.3 Å². The van der Waals surface area contributed by atoms with Crippen molar-refractivity contribution in [2.24, 2.45) is 0 Å². The Morgan fingerprint density at radius 2 is 1.95 bits per heavy atom. The summed E-state index contributed by atoms with van der Waals surface area (Å²) in [5.74, 6) is -1.46. The molecule has 7 heteroatoms. The number of non-ortho nitro benzene ring substituents is 1. The van der Waals surface area contributed by atoms with Gasteiger partial charge >= 0.3 is 11.9 Å². The van der Waals surface area contributed by atoms with Gasteiger partial charge in [-0.25, -0.2) is 9.59 Å². The molecule has 0 saturated heterocycles. The number of hydrogen-bond donors (Lipinski definition) is 0. The molecule has 0 spiro atoms. The predicted octanol–water partition coefficient (Wildman–Crippen LogP) is 2.07. The molecule has 0 unspecified atom stereocenters. The van der Waals surface area contributed by atoms with Gasteiger partial charge in [-0.2, -0.15) is 0 Å². The van der Waals surface area contributed by atoms with Crippen LogP contribution in [0.4, 0.5) is 5.69 Å². The van der Waals surface area contributed by atoms with Gasteiger partial charge < -0.3 is 9.47 Å². The Balaban J connectivity index is 2.49. The summed E-state index contributed by atoms with van der Waals surface area (Å²) in [6, 6.07) is 5.45. The topological polar surface area (TPSA) is 95.7 Å². The van der Waals surface area contributed by atoms with E-state index in [1.165, 1.54) is 19.2 Å². The molecule has 2 aromatic carbocycles. The number of benzene rings is 2. The minimum atomic E-state index is -0.899. The maximum Gasteiger partial charge on any atom is 0.350 e. The van der Waals surface area contributed by atoms with Crippen LogP contribution in [0.2, 0.25) is 0 Å². The SMILES string of the molecule is COc1ccc2cc([N+](=O)[O-])cc3c2c1C(=O)OC3=O. The quantitative estimate of drug-likeness (QED) is 0.359. The van der Waals surface area contributed by atoms with Crippen molar-refractivity contribution in [1.82, 2.24) is 0 Å². The maximum absolute atomic E-state index is 11.8. The van der Waals surface area contributed by atoms with Crippen LogP contribution in [0, 0.1) is 10.1 Å². The third kappa shape index (κ3) is 1.53. The molecule has 7 nitrogen and oxygen atoms in total. The highest BCUT2D eigenvalue weighted by molar-refractivity contribution is 6.22. The third-order valence-electron chi connectivity index (χ3n) is 3.10. The summed E-state index contributed by atoms with van der Waals surface area (Å²) < 4.78 is 9.67. The van der Waals surface area contributed by atoms with Gasteiger partial charge in [0.25, 0.3) is 5.69 Å². The minimum absolute atomic E-state index is 0.0114. The van der Waals surface area contributed by atoms with Crippen LogP contribution in [-0.4, -0.2) is 24.0 Å². The molecule has 0 bridgehead atoms. The highest BCUT2D eigenvalue weighted by atomic mass is 16.6.